The molecule has 1 aromatic rings. The summed E-state index contributed by atoms with van der Waals surface area (Å²) in [7, 11) is 0. The van der Waals surface area contributed by atoms with Gasteiger partial charge in [0.05, 0.1) is 0 Å². The number of hydrogen-bond acceptors (Lipinski definition) is 2. The highest BCUT2D eigenvalue weighted by Crippen LogP contribution is 2.13. The summed E-state index contributed by atoms with van der Waals surface area (Å²) in [5.74, 6) is -1.46. The van der Waals surface area contributed by atoms with Crippen molar-refractivity contribution >= 4 is 17.7 Å². The second-order valence-electron chi connectivity index (χ2n) is 3.86. The molecular formula is C12H15FN2O3. The highest BCUT2D eigenvalue weighted by molar-refractivity contribution is 5.92. The van der Waals surface area contributed by atoms with Gasteiger partial charge in [-0.15, -0.1) is 0 Å². The molecule has 0 aliphatic carbocycles. The second-order valence-corrected chi connectivity index (χ2v) is 3.86. The number of anilines is 1. The van der Waals surface area contributed by atoms with E-state index in [2.05, 4.69) is 10.6 Å². The molecule has 1 atom stereocenters. The van der Waals surface area contributed by atoms with E-state index >= 15 is 0 Å². The van der Waals surface area contributed by atoms with E-state index in [-0.39, 0.29) is 12.2 Å². The van der Waals surface area contributed by atoms with Gasteiger partial charge in [-0.25, -0.2) is 14.0 Å². The van der Waals surface area contributed by atoms with E-state index in [1.54, 1.807) is 13.8 Å². The summed E-state index contributed by atoms with van der Waals surface area (Å²) in [4.78, 5) is 22.2. The molecule has 0 saturated heterocycles. The molecule has 0 saturated carbocycles. The quantitative estimate of drug-likeness (QED) is 0.770. The number of nitrogens with one attached hydrogen (secondary N) is 2. The summed E-state index contributed by atoms with van der Waals surface area (Å²) in [6, 6.07) is 2.54. The molecule has 0 aliphatic rings. The van der Waals surface area contributed by atoms with Crippen molar-refractivity contribution in [2.45, 2.75) is 26.3 Å². The Morgan fingerprint density at radius 3 is 2.61 bits per heavy atom. The number of urea groups is 1. The van der Waals surface area contributed by atoms with Gasteiger partial charge in [-0.1, -0.05) is 6.92 Å². The van der Waals surface area contributed by atoms with Crippen molar-refractivity contribution in [2.24, 2.45) is 0 Å². The normalized spacial score (nSPS) is 11.7. The van der Waals surface area contributed by atoms with Gasteiger partial charge in [-0.3, -0.25) is 0 Å². The zero-order valence-corrected chi connectivity index (χ0v) is 10.2. The maximum Gasteiger partial charge on any atom is 0.326 e. The van der Waals surface area contributed by atoms with Gasteiger partial charge in [0, 0.05) is 5.69 Å². The van der Waals surface area contributed by atoms with Crippen LogP contribution in [0.25, 0.3) is 0 Å². The van der Waals surface area contributed by atoms with Gasteiger partial charge in [0.2, 0.25) is 0 Å². The molecule has 98 valence electrons. The van der Waals surface area contributed by atoms with E-state index in [0.29, 0.717) is 11.3 Å². The Bertz CT molecular complexity index is 463. The largest absolute Gasteiger partial charge is 0.480 e. The monoisotopic (exact) mass is 254 g/mol. The van der Waals surface area contributed by atoms with Crippen molar-refractivity contribution in [1.29, 1.82) is 0 Å². The predicted octanol–water partition coefficient (Wildman–Crippen LogP) is 2.12. The average molecular weight is 254 g/mol. The summed E-state index contributed by atoms with van der Waals surface area (Å²) < 4.78 is 13.0. The van der Waals surface area contributed by atoms with E-state index in [4.69, 9.17) is 5.11 Å². The Hall–Kier alpha value is -2.11. The van der Waals surface area contributed by atoms with Crippen molar-refractivity contribution in [3.05, 3.63) is 29.6 Å². The highest BCUT2D eigenvalue weighted by Gasteiger charge is 2.17. The molecule has 18 heavy (non-hydrogen) atoms. The first-order valence-corrected chi connectivity index (χ1v) is 5.50. The lowest BCUT2D eigenvalue weighted by atomic mass is 10.2. The smallest absolute Gasteiger partial charge is 0.326 e. The van der Waals surface area contributed by atoms with Crippen LogP contribution in [0.15, 0.2) is 18.2 Å². The Morgan fingerprint density at radius 2 is 2.11 bits per heavy atom. The third kappa shape index (κ3) is 3.73. The van der Waals surface area contributed by atoms with Gasteiger partial charge in [-0.2, -0.15) is 0 Å². The van der Waals surface area contributed by atoms with E-state index in [9.17, 15) is 14.0 Å². The number of hydrogen-bond donors (Lipinski definition) is 3. The van der Waals surface area contributed by atoms with Crippen molar-refractivity contribution in [3.8, 4) is 0 Å². The lowest BCUT2D eigenvalue weighted by molar-refractivity contribution is -0.139. The first-order valence-electron chi connectivity index (χ1n) is 5.50. The summed E-state index contributed by atoms with van der Waals surface area (Å²) >= 11 is 0. The van der Waals surface area contributed by atoms with Crippen molar-refractivity contribution in [3.63, 3.8) is 0 Å². The molecule has 6 heteroatoms. The Kier molecular flexibility index (Phi) is 4.65. The Morgan fingerprint density at radius 1 is 1.44 bits per heavy atom. The predicted molar refractivity (Wildman–Crippen MR) is 65.0 cm³/mol. The van der Waals surface area contributed by atoms with Crippen LogP contribution in [0.4, 0.5) is 14.9 Å². The molecule has 1 aromatic carbocycles. The van der Waals surface area contributed by atoms with Crippen LogP contribution in [0.5, 0.6) is 0 Å². The lowest BCUT2D eigenvalue weighted by Crippen LogP contribution is -2.42. The minimum absolute atomic E-state index is 0.283. The molecule has 1 rings (SSSR count). The van der Waals surface area contributed by atoms with Gasteiger partial charge in [0.25, 0.3) is 0 Å². The van der Waals surface area contributed by atoms with Gasteiger partial charge >= 0.3 is 12.0 Å². The van der Waals surface area contributed by atoms with Gasteiger partial charge in [0.15, 0.2) is 0 Å². The molecule has 3 N–H and O–H groups in total. The zero-order chi connectivity index (χ0) is 13.7. The van der Waals surface area contributed by atoms with E-state index < -0.39 is 18.0 Å². The van der Waals surface area contributed by atoms with Crippen LogP contribution < -0.4 is 10.6 Å². The molecule has 0 spiro atoms. The molecule has 0 radical (unpaired) electrons. The summed E-state index contributed by atoms with van der Waals surface area (Å²) in [6.45, 7) is 3.23. The van der Waals surface area contributed by atoms with Crippen LogP contribution in [-0.4, -0.2) is 23.1 Å². The minimum Gasteiger partial charge on any atom is -0.480 e. The van der Waals surface area contributed by atoms with Gasteiger partial charge in [-0.05, 0) is 37.1 Å². The summed E-state index contributed by atoms with van der Waals surface area (Å²) in [6.07, 6.45) is 0.283. The molecule has 0 fully saturated rings. The van der Waals surface area contributed by atoms with Gasteiger partial charge < -0.3 is 15.7 Å². The topological polar surface area (TPSA) is 78.4 Å². The van der Waals surface area contributed by atoms with Crippen LogP contribution in [-0.2, 0) is 4.79 Å². The first-order chi connectivity index (χ1) is 8.43. The number of carbonyl (C=O) groups is 2. The minimum atomic E-state index is -1.09. The van der Waals surface area contributed by atoms with E-state index in [1.807, 2.05) is 0 Å². The van der Waals surface area contributed by atoms with Crippen molar-refractivity contribution in [1.82, 2.24) is 5.32 Å². The lowest BCUT2D eigenvalue weighted by Gasteiger charge is -2.13. The second kappa shape index (κ2) is 6.00. The van der Waals surface area contributed by atoms with Crippen LogP contribution in [0.2, 0.25) is 0 Å². The number of halogens is 1. The summed E-state index contributed by atoms with van der Waals surface area (Å²) in [5.41, 5.74) is 0.810. The molecular weight excluding hydrogens is 239 g/mol. The molecule has 0 aromatic heterocycles. The van der Waals surface area contributed by atoms with Crippen molar-refractivity contribution < 1.29 is 19.1 Å². The maximum atomic E-state index is 13.0. The van der Waals surface area contributed by atoms with Crippen molar-refractivity contribution in [2.75, 3.05) is 5.32 Å². The zero-order valence-electron chi connectivity index (χ0n) is 10.2. The number of carboxylic acid groups (broad SMARTS) is 1. The van der Waals surface area contributed by atoms with Crippen LogP contribution in [0, 0.1) is 12.7 Å². The molecule has 0 bridgehead atoms. The SMILES string of the molecule is CC[C@H](NC(=O)Nc1ccc(F)c(C)c1)C(=O)O. The van der Waals surface area contributed by atoms with Gasteiger partial charge in [0.1, 0.15) is 11.9 Å². The highest BCUT2D eigenvalue weighted by atomic mass is 19.1. The molecule has 5 nitrogen and oxygen atoms in total. The van der Waals surface area contributed by atoms with Crippen LogP contribution >= 0.6 is 0 Å². The number of aryl methyl sites for hydroxylation is 1. The van der Waals surface area contributed by atoms with E-state index in [1.165, 1.54) is 18.2 Å². The van der Waals surface area contributed by atoms with Crippen LogP contribution in [0.1, 0.15) is 18.9 Å². The molecule has 0 unspecified atom stereocenters. The van der Waals surface area contributed by atoms with Crippen LogP contribution in [0.3, 0.4) is 0 Å². The molecule has 2 amide bonds. The number of rotatable bonds is 4. The Labute approximate surface area is 104 Å². The molecule has 0 aliphatic heterocycles. The number of carbonyl (C=O) groups excluding carboxylic acids is 1. The number of carboxylic acids is 1. The average Bonchev–Trinajstić information content (AvgIpc) is 2.30. The standard InChI is InChI=1S/C12H15FN2O3/c1-3-10(11(16)17)15-12(18)14-8-4-5-9(13)7(2)6-8/h4-6,10H,3H2,1-2H3,(H,16,17)(H2,14,15,18)/t10-/m0/s1. The third-order valence-corrected chi connectivity index (χ3v) is 2.43. The fraction of sp³-hybridized carbons (Fsp3) is 0.333. The maximum absolute atomic E-state index is 13.0. The fourth-order valence-electron chi connectivity index (χ4n) is 1.39. The fourth-order valence-corrected chi connectivity index (χ4v) is 1.39. The van der Waals surface area contributed by atoms with E-state index in [0.717, 1.165) is 0 Å². The molecule has 0 heterocycles. The third-order valence-electron chi connectivity index (χ3n) is 2.43. The number of amides is 2. The number of benzene rings is 1. The Balaban J connectivity index is 2.64. The summed E-state index contributed by atoms with van der Waals surface area (Å²) in [5, 5.41) is 13.5. The number of aliphatic carboxylic acids is 1. The first kappa shape index (κ1) is 14.0.